The Kier molecular flexibility index (Phi) is 2.90. The zero-order valence-corrected chi connectivity index (χ0v) is 7.93. The summed E-state index contributed by atoms with van der Waals surface area (Å²) in [6.07, 6.45) is 3.08. The van der Waals surface area contributed by atoms with E-state index in [0.717, 1.165) is 13.1 Å². The fourth-order valence-electron chi connectivity index (χ4n) is 1.53. The van der Waals surface area contributed by atoms with Gasteiger partial charge in [0.2, 0.25) is 5.95 Å². The fourth-order valence-corrected chi connectivity index (χ4v) is 1.53. The van der Waals surface area contributed by atoms with E-state index < -0.39 is 0 Å². The number of aromatic nitrogens is 2. The molecule has 0 bridgehead atoms. The molecule has 0 aromatic carbocycles. The average Bonchev–Trinajstić information content (AvgIpc) is 2.44. The van der Waals surface area contributed by atoms with E-state index in [1.165, 1.54) is 0 Å². The third-order valence-corrected chi connectivity index (χ3v) is 2.20. The summed E-state index contributed by atoms with van der Waals surface area (Å²) in [7, 11) is 0. The molecule has 1 unspecified atom stereocenters. The van der Waals surface area contributed by atoms with Gasteiger partial charge in [0, 0.05) is 38.6 Å². The Bertz CT molecular complexity index is 279. The van der Waals surface area contributed by atoms with Crippen molar-refractivity contribution in [2.75, 3.05) is 31.1 Å². The summed E-state index contributed by atoms with van der Waals surface area (Å²) < 4.78 is 0. The Labute approximate surface area is 82.8 Å². The van der Waals surface area contributed by atoms with Crippen LogP contribution in [0, 0.1) is 0 Å². The molecule has 0 saturated carbocycles. The lowest BCUT2D eigenvalue weighted by Gasteiger charge is -2.20. The molecule has 2 N–H and O–H groups in total. The fraction of sp³-hybridized carbons (Fsp3) is 0.556. The minimum absolute atomic E-state index is 0.346. The van der Waals surface area contributed by atoms with Crippen LogP contribution in [-0.4, -0.2) is 47.4 Å². The lowest BCUT2D eigenvalue weighted by atomic mass is 10.3. The summed E-state index contributed by atoms with van der Waals surface area (Å²) in [6, 6.07) is 1.79. The Hall–Kier alpha value is -1.20. The molecule has 1 aliphatic heterocycles. The molecule has 14 heavy (non-hydrogen) atoms. The molecule has 5 nitrogen and oxygen atoms in total. The number of nitrogens with one attached hydrogen (secondary N) is 1. The van der Waals surface area contributed by atoms with Crippen molar-refractivity contribution in [2.45, 2.75) is 6.10 Å². The molecule has 1 aromatic rings. The van der Waals surface area contributed by atoms with Crippen molar-refractivity contribution in [3.8, 4) is 0 Å². The number of rotatable bonds is 1. The van der Waals surface area contributed by atoms with E-state index in [4.69, 9.17) is 0 Å². The summed E-state index contributed by atoms with van der Waals surface area (Å²) in [5.41, 5.74) is 0. The number of hydrogen-bond donors (Lipinski definition) is 2. The number of aliphatic hydroxyl groups is 1. The first-order valence-electron chi connectivity index (χ1n) is 4.77. The largest absolute Gasteiger partial charge is 0.390 e. The van der Waals surface area contributed by atoms with Crippen LogP contribution in [0.1, 0.15) is 0 Å². The summed E-state index contributed by atoms with van der Waals surface area (Å²) in [6.45, 7) is 2.93. The van der Waals surface area contributed by atoms with Gasteiger partial charge in [0.15, 0.2) is 0 Å². The van der Waals surface area contributed by atoms with Gasteiger partial charge in [0.25, 0.3) is 0 Å². The van der Waals surface area contributed by atoms with E-state index in [-0.39, 0.29) is 6.10 Å². The van der Waals surface area contributed by atoms with Gasteiger partial charge in [-0.15, -0.1) is 0 Å². The van der Waals surface area contributed by atoms with Crippen LogP contribution in [0.5, 0.6) is 0 Å². The van der Waals surface area contributed by atoms with Gasteiger partial charge in [-0.3, -0.25) is 0 Å². The Morgan fingerprint density at radius 2 is 2.21 bits per heavy atom. The van der Waals surface area contributed by atoms with E-state index in [1.54, 1.807) is 18.5 Å². The SMILES string of the molecule is OC1CNCCN(c2ncccn2)C1. The predicted octanol–water partition coefficient (Wildman–Crippen LogP) is -0.753. The summed E-state index contributed by atoms with van der Waals surface area (Å²) >= 11 is 0. The van der Waals surface area contributed by atoms with Gasteiger partial charge in [0.05, 0.1) is 6.10 Å². The topological polar surface area (TPSA) is 61.3 Å². The van der Waals surface area contributed by atoms with Crippen molar-refractivity contribution in [3.05, 3.63) is 18.5 Å². The van der Waals surface area contributed by atoms with Crippen molar-refractivity contribution in [1.82, 2.24) is 15.3 Å². The van der Waals surface area contributed by atoms with Crippen LogP contribution in [0.2, 0.25) is 0 Å². The van der Waals surface area contributed by atoms with Crippen molar-refractivity contribution in [3.63, 3.8) is 0 Å². The molecule has 2 rings (SSSR count). The minimum atomic E-state index is -0.346. The third kappa shape index (κ3) is 2.18. The van der Waals surface area contributed by atoms with Crippen LogP contribution < -0.4 is 10.2 Å². The molecule has 0 spiro atoms. The third-order valence-electron chi connectivity index (χ3n) is 2.20. The van der Waals surface area contributed by atoms with Crippen molar-refractivity contribution in [2.24, 2.45) is 0 Å². The highest BCUT2D eigenvalue weighted by Crippen LogP contribution is 2.06. The second-order valence-corrected chi connectivity index (χ2v) is 3.35. The molecule has 0 radical (unpaired) electrons. The second-order valence-electron chi connectivity index (χ2n) is 3.35. The van der Waals surface area contributed by atoms with E-state index in [2.05, 4.69) is 15.3 Å². The van der Waals surface area contributed by atoms with Crippen molar-refractivity contribution in [1.29, 1.82) is 0 Å². The Balaban J connectivity index is 2.09. The quantitative estimate of drug-likeness (QED) is 0.616. The smallest absolute Gasteiger partial charge is 0.225 e. The summed E-state index contributed by atoms with van der Waals surface area (Å²) in [4.78, 5) is 10.3. The van der Waals surface area contributed by atoms with Gasteiger partial charge in [-0.05, 0) is 6.07 Å². The van der Waals surface area contributed by atoms with E-state index in [1.807, 2.05) is 4.90 Å². The molecule has 1 atom stereocenters. The molecule has 1 saturated heterocycles. The van der Waals surface area contributed by atoms with Gasteiger partial charge in [-0.1, -0.05) is 0 Å². The highest BCUT2D eigenvalue weighted by molar-refractivity contribution is 5.29. The molecule has 0 aliphatic carbocycles. The van der Waals surface area contributed by atoms with Crippen LogP contribution in [0.15, 0.2) is 18.5 Å². The monoisotopic (exact) mass is 194 g/mol. The van der Waals surface area contributed by atoms with Gasteiger partial charge in [0.1, 0.15) is 0 Å². The molecule has 76 valence electrons. The van der Waals surface area contributed by atoms with Gasteiger partial charge < -0.3 is 15.3 Å². The van der Waals surface area contributed by atoms with Gasteiger partial charge in [-0.25, -0.2) is 9.97 Å². The summed E-state index contributed by atoms with van der Waals surface area (Å²) in [5.74, 6) is 0.690. The maximum atomic E-state index is 9.56. The number of nitrogens with zero attached hydrogens (tertiary/aromatic N) is 3. The molecular weight excluding hydrogens is 180 g/mol. The number of anilines is 1. The molecule has 1 aliphatic rings. The summed E-state index contributed by atoms with van der Waals surface area (Å²) in [5, 5.41) is 12.7. The second kappa shape index (κ2) is 4.34. The van der Waals surface area contributed by atoms with Crippen molar-refractivity contribution >= 4 is 5.95 Å². The Morgan fingerprint density at radius 3 is 3.00 bits per heavy atom. The first-order chi connectivity index (χ1) is 6.86. The number of β-amino-alcohol motifs (C(OH)–C–C–N with tert-alkyl or cyclic N) is 1. The van der Waals surface area contributed by atoms with E-state index in [0.29, 0.717) is 19.0 Å². The van der Waals surface area contributed by atoms with E-state index >= 15 is 0 Å². The lowest BCUT2D eigenvalue weighted by molar-refractivity contribution is 0.184. The average molecular weight is 194 g/mol. The predicted molar refractivity (Wildman–Crippen MR) is 53.1 cm³/mol. The zero-order valence-electron chi connectivity index (χ0n) is 7.93. The molecule has 2 heterocycles. The van der Waals surface area contributed by atoms with Crippen LogP contribution in [0.3, 0.4) is 0 Å². The number of hydrogen-bond acceptors (Lipinski definition) is 5. The molecule has 1 aromatic heterocycles. The van der Waals surface area contributed by atoms with Crippen LogP contribution >= 0.6 is 0 Å². The first-order valence-corrected chi connectivity index (χ1v) is 4.77. The van der Waals surface area contributed by atoms with E-state index in [9.17, 15) is 5.11 Å². The normalized spacial score (nSPS) is 23.2. The van der Waals surface area contributed by atoms with Gasteiger partial charge in [-0.2, -0.15) is 0 Å². The maximum Gasteiger partial charge on any atom is 0.225 e. The highest BCUT2D eigenvalue weighted by Gasteiger charge is 2.16. The highest BCUT2D eigenvalue weighted by atomic mass is 16.3. The van der Waals surface area contributed by atoms with Crippen LogP contribution in [-0.2, 0) is 0 Å². The van der Waals surface area contributed by atoms with Gasteiger partial charge >= 0.3 is 0 Å². The molecule has 0 amide bonds. The standard InChI is InChI=1S/C9H14N4O/c14-8-6-10-4-5-13(7-8)9-11-2-1-3-12-9/h1-3,8,10,14H,4-7H2. The van der Waals surface area contributed by atoms with Crippen LogP contribution in [0.25, 0.3) is 0 Å². The lowest BCUT2D eigenvalue weighted by Crippen LogP contribution is -2.33. The first kappa shape index (κ1) is 9.36. The molecule has 1 fully saturated rings. The van der Waals surface area contributed by atoms with Crippen molar-refractivity contribution < 1.29 is 5.11 Å². The molecule has 5 heteroatoms. The Morgan fingerprint density at radius 1 is 1.43 bits per heavy atom. The zero-order chi connectivity index (χ0) is 9.80. The van der Waals surface area contributed by atoms with Crippen LogP contribution in [0.4, 0.5) is 5.95 Å². The number of aliphatic hydroxyl groups excluding tert-OH is 1. The maximum absolute atomic E-state index is 9.56. The minimum Gasteiger partial charge on any atom is -0.390 e. The molecular formula is C9H14N4O.